The number of rotatable bonds is 5. The van der Waals surface area contributed by atoms with Crippen molar-refractivity contribution in [3.05, 3.63) is 206 Å². The van der Waals surface area contributed by atoms with E-state index in [0.717, 1.165) is 33.5 Å². The third-order valence-corrected chi connectivity index (χ3v) is 11.2. The summed E-state index contributed by atoms with van der Waals surface area (Å²) in [7, 11) is 0. The summed E-state index contributed by atoms with van der Waals surface area (Å²) in [4.78, 5) is 10.5. The lowest BCUT2D eigenvalue weighted by atomic mass is 9.86. The molecule has 0 N–H and O–H groups in total. The van der Waals surface area contributed by atoms with Crippen molar-refractivity contribution in [3.63, 3.8) is 0 Å². The summed E-state index contributed by atoms with van der Waals surface area (Å²) in [6, 6.07) is 74.1. The SMILES string of the molecule is c1ccc(-c2ccc3cc(-c4cc(-c5ccc(-c6c7ccccc7cc7c6ccc6ccccc67)c6ccccc56)nc(-c5ccccc5)n4)ccc3c2)cc1. The van der Waals surface area contributed by atoms with Crippen LogP contribution in [0.5, 0.6) is 0 Å². The summed E-state index contributed by atoms with van der Waals surface area (Å²) >= 11 is 0. The predicted octanol–water partition coefficient (Wildman–Crippen LogP) is 14.6. The number of benzene rings is 10. The van der Waals surface area contributed by atoms with Gasteiger partial charge < -0.3 is 0 Å². The largest absolute Gasteiger partial charge is 0.228 e. The minimum Gasteiger partial charge on any atom is -0.228 e. The fourth-order valence-electron chi connectivity index (χ4n) is 8.52. The van der Waals surface area contributed by atoms with E-state index in [1.807, 2.05) is 18.2 Å². The molecule has 0 radical (unpaired) electrons. The van der Waals surface area contributed by atoms with Gasteiger partial charge >= 0.3 is 0 Å². The molecule has 1 heterocycles. The molecule has 0 aliphatic carbocycles. The monoisotopic (exact) mass is 710 g/mol. The second-order valence-corrected chi connectivity index (χ2v) is 14.5. The van der Waals surface area contributed by atoms with E-state index in [4.69, 9.17) is 9.97 Å². The van der Waals surface area contributed by atoms with Gasteiger partial charge in [0.15, 0.2) is 5.82 Å². The fourth-order valence-corrected chi connectivity index (χ4v) is 8.52. The Labute approximate surface area is 325 Å². The quantitative estimate of drug-likeness (QED) is 0.131. The molecule has 1 aromatic heterocycles. The first-order chi connectivity index (χ1) is 27.7. The maximum absolute atomic E-state index is 5.28. The summed E-state index contributed by atoms with van der Waals surface area (Å²) < 4.78 is 0. The molecule has 0 aliphatic heterocycles. The zero-order chi connectivity index (χ0) is 37.0. The number of fused-ring (bicyclic) bond motifs is 6. The Morgan fingerprint density at radius 1 is 0.250 bits per heavy atom. The molecule has 10 aromatic carbocycles. The highest BCUT2D eigenvalue weighted by Crippen LogP contribution is 2.44. The Balaban J connectivity index is 1.11. The molecule has 2 nitrogen and oxygen atoms in total. The van der Waals surface area contributed by atoms with Gasteiger partial charge in [0.1, 0.15) is 0 Å². The van der Waals surface area contributed by atoms with Gasteiger partial charge in [-0.3, -0.25) is 0 Å². The van der Waals surface area contributed by atoms with Gasteiger partial charge in [0, 0.05) is 16.7 Å². The van der Waals surface area contributed by atoms with Crippen molar-refractivity contribution >= 4 is 53.9 Å². The van der Waals surface area contributed by atoms with Gasteiger partial charge in [0.25, 0.3) is 0 Å². The van der Waals surface area contributed by atoms with Gasteiger partial charge in [-0.25, -0.2) is 9.97 Å². The van der Waals surface area contributed by atoms with E-state index in [1.54, 1.807) is 0 Å². The average Bonchev–Trinajstić information content (AvgIpc) is 3.28. The standard InChI is InChI=1S/C54H34N2/c1-3-13-35(14-4-1)38-23-24-40-32-42(26-25-39(40)31-38)51-34-52(56-54(55-51)37-16-5-2-6-17-37)47-29-30-48(46-22-12-11-21-45(46)47)53-44-20-10-8-18-41(44)33-50-43-19-9-7-15-36(43)27-28-49(50)53/h1-34H. The molecular weight excluding hydrogens is 677 g/mol. The first-order valence-corrected chi connectivity index (χ1v) is 19.1. The second-order valence-electron chi connectivity index (χ2n) is 14.5. The van der Waals surface area contributed by atoms with E-state index in [2.05, 4.69) is 188 Å². The molecule has 2 heteroatoms. The number of aromatic nitrogens is 2. The van der Waals surface area contributed by atoms with Crippen LogP contribution in [0.4, 0.5) is 0 Å². The number of hydrogen-bond donors (Lipinski definition) is 0. The topological polar surface area (TPSA) is 25.8 Å². The van der Waals surface area contributed by atoms with Crippen molar-refractivity contribution in [1.82, 2.24) is 9.97 Å². The van der Waals surface area contributed by atoms with Gasteiger partial charge in [-0.15, -0.1) is 0 Å². The fraction of sp³-hybridized carbons (Fsp3) is 0. The molecule has 11 rings (SSSR count). The molecular formula is C54H34N2. The van der Waals surface area contributed by atoms with E-state index in [-0.39, 0.29) is 0 Å². The lowest BCUT2D eigenvalue weighted by Gasteiger charge is -2.17. The number of nitrogens with zero attached hydrogens (tertiary/aromatic N) is 2. The zero-order valence-corrected chi connectivity index (χ0v) is 30.5. The lowest BCUT2D eigenvalue weighted by molar-refractivity contribution is 1.19. The smallest absolute Gasteiger partial charge is 0.160 e. The van der Waals surface area contributed by atoms with E-state index < -0.39 is 0 Å². The van der Waals surface area contributed by atoms with Crippen molar-refractivity contribution in [2.24, 2.45) is 0 Å². The third kappa shape index (κ3) is 5.42. The molecule has 11 aromatic rings. The summed E-state index contributed by atoms with van der Waals surface area (Å²) in [5.41, 5.74) is 9.80. The van der Waals surface area contributed by atoms with Crippen molar-refractivity contribution < 1.29 is 0 Å². The van der Waals surface area contributed by atoms with Gasteiger partial charge in [-0.1, -0.05) is 182 Å². The first-order valence-electron chi connectivity index (χ1n) is 19.1. The van der Waals surface area contributed by atoms with Crippen LogP contribution in [-0.2, 0) is 0 Å². The van der Waals surface area contributed by atoms with Crippen LogP contribution in [0, 0.1) is 0 Å². The Morgan fingerprint density at radius 3 is 1.57 bits per heavy atom. The average molecular weight is 711 g/mol. The molecule has 56 heavy (non-hydrogen) atoms. The molecule has 0 fully saturated rings. The molecule has 0 bridgehead atoms. The predicted molar refractivity (Wildman–Crippen MR) is 237 cm³/mol. The van der Waals surface area contributed by atoms with E-state index >= 15 is 0 Å². The molecule has 260 valence electrons. The summed E-state index contributed by atoms with van der Waals surface area (Å²) in [6.45, 7) is 0. The Bertz CT molecular complexity index is 3290. The lowest BCUT2D eigenvalue weighted by Crippen LogP contribution is -1.97. The van der Waals surface area contributed by atoms with Crippen LogP contribution in [0.15, 0.2) is 206 Å². The Hall–Kier alpha value is -7.42. The highest BCUT2D eigenvalue weighted by Gasteiger charge is 2.18. The Morgan fingerprint density at radius 2 is 0.804 bits per heavy atom. The summed E-state index contributed by atoms with van der Waals surface area (Å²) in [5.74, 6) is 0.706. The van der Waals surface area contributed by atoms with Crippen molar-refractivity contribution in [3.8, 4) is 56.2 Å². The van der Waals surface area contributed by atoms with Crippen LogP contribution in [-0.4, -0.2) is 9.97 Å². The highest BCUT2D eigenvalue weighted by molar-refractivity contribution is 6.23. The number of hydrogen-bond acceptors (Lipinski definition) is 2. The summed E-state index contributed by atoms with van der Waals surface area (Å²) in [5, 5.41) is 12.2. The van der Waals surface area contributed by atoms with Crippen LogP contribution >= 0.6 is 0 Å². The molecule has 0 saturated heterocycles. The van der Waals surface area contributed by atoms with Gasteiger partial charge in [-0.2, -0.15) is 0 Å². The second kappa shape index (κ2) is 13.2. The van der Waals surface area contributed by atoms with Crippen LogP contribution in [0.1, 0.15) is 0 Å². The molecule has 0 spiro atoms. The maximum Gasteiger partial charge on any atom is 0.160 e. The van der Waals surface area contributed by atoms with Gasteiger partial charge in [0.05, 0.1) is 11.4 Å². The summed E-state index contributed by atoms with van der Waals surface area (Å²) in [6.07, 6.45) is 0. The van der Waals surface area contributed by atoms with Gasteiger partial charge in [0.2, 0.25) is 0 Å². The minimum atomic E-state index is 0.706. The van der Waals surface area contributed by atoms with Crippen molar-refractivity contribution in [1.29, 1.82) is 0 Å². The van der Waals surface area contributed by atoms with Crippen molar-refractivity contribution in [2.45, 2.75) is 0 Å². The van der Waals surface area contributed by atoms with E-state index in [1.165, 1.54) is 70.7 Å². The van der Waals surface area contributed by atoms with E-state index in [0.29, 0.717) is 5.82 Å². The normalized spacial score (nSPS) is 11.6. The molecule has 0 aliphatic rings. The van der Waals surface area contributed by atoms with Crippen LogP contribution < -0.4 is 0 Å². The van der Waals surface area contributed by atoms with E-state index in [9.17, 15) is 0 Å². The van der Waals surface area contributed by atoms with Gasteiger partial charge in [-0.05, 0) is 100 Å². The molecule has 0 unspecified atom stereocenters. The van der Waals surface area contributed by atoms with Crippen LogP contribution in [0.2, 0.25) is 0 Å². The van der Waals surface area contributed by atoms with Crippen molar-refractivity contribution in [2.75, 3.05) is 0 Å². The molecule has 0 amide bonds. The van der Waals surface area contributed by atoms with Crippen LogP contribution in [0.3, 0.4) is 0 Å². The Kier molecular flexibility index (Phi) is 7.53. The first kappa shape index (κ1) is 32.0. The minimum absolute atomic E-state index is 0.706. The maximum atomic E-state index is 5.28. The van der Waals surface area contributed by atoms with Crippen LogP contribution in [0.25, 0.3) is 110 Å². The third-order valence-electron chi connectivity index (χ3n) is 11.2. The molecule has 0 atom stereocenters. The highest BCUT2D eigenvalue weighted by atomic mass is 14.9. The zero-order valence-electron chi connectivity index (χ0n) is 30.5. The molecule has 0 saturated carbocycles.